The molecule has 0 aromatic heterocycles. The molecule has 1 radical (unpaired) electrons. The SMILES string of the molecule is CCCC(CCCc1cc[c]cc1)[Si](OCC)(OCC)OCC. The van der Waals surface area contributed by atoms with Gasteiger partial charge in [-0.25, -0.2) is 0 Å². The predicted octanol–water partition coefficient (Wildman–Crippen LogP) is 5.03. The van der Waals surface area contributed by atoms with Gasteiger partial charge in [0.2, 0.25) is 0 Å². The van der Waals surface area contributed by atoms with Gasteiger partial charge >= 0.3 is 8.80 Å². The standard InChI is InChI=1S/C19H33O3Si/c1-5-13-19(17-12-16-18-14-10-9-11-15-18)23(20-6-2,21-7-3)22-8-4/h10-11,14-15,19H,5-8,12-13,16-17H2,1-4H3. The molecule has 0 fully saturated rings. The largest absolute Gasteiger partial charge is 0.504 e. The summed E-state index contributed by atoms with van der Waals surface area (Å²) in [4.78, 5) is 0. The van der Waals surface area contributed by atoms with Gasteiger partial charge in [0.1, 0.15) is 0 Å². The zero-order valence-corrected chi connectivity index (χ0v) is 16.3. The summed E-state index contributed by atoms with van der Waals surface area (Å²) < 4.78 is 18.4. The molecule has 1 atom stereocenters. The van der Waals surface area contributed by atoms with Crippen LogP contribution < -0.4 is 0 Å². The minimum atomic E-state index is -2.59. The molecule has 0 N–H and O–H groups in total. The van der Waals surface area contributed by atoms with E-state index in [0.29, 0.717) is 25.4 Å². The molecule has 1 aromatic carbocycles. The van der Waals surface area contributed by atoms with Crippen LogP contribution >= 0.6 is 0 Å². The van der Waals surface area contributed by atoms with Gasteiger partial charge in [0.05, 0.1) is 0 Å². The molecule has 1 aromatic rings. The van der Waals surface area contributed by atoms with Crippen molar-refractivity contribution in [1.82, 2.24) is 0 Å². The van der Waals surface area contributed by atoms with Gasteiger partial charge in [0, 0.05) is 25.4 Å². The Hall–Kier alpha value is -0.683. The van der Waals surface area contributed by atoms with Crippen LogP contribution in [0.3, 0.4) is 0 Å². The highest BCUT2D eigenvalue weighted by molar-refractivity contribution is 6.62. The summed E-state index contributed by atoms with van der Waals surface area (Å²) in [5, 5.41) is 0. The van der Waals surface area contributed by atoms with Crippen LogP contribution in [-0.2, 0) is 19.7 Å². The first kappa shape index (κ1) is 20.4. The molecule has 0 aliphatic rings. The Morgan fingerprint density at radius 3 is 1.96 bits per heavy atom. The zero-order chi connectivity index (χ0) is 17.0. The molecule has 0 aliphatic carbocycles. The van der Waals surface area contributed by atoms with Crippen LogP contribution in [0.15, 0.2) is 24.3 Å². The number of rotatable bonds is 13. The van der Waals surface area contributed by atoms with Crippen molar-refractivity contribution in [2.24, 2.45) is 0 Å². The van der Waals surface area contributed by atoms with Crippen molar-refractivity contribution in [1.29, 1.82) is 0 Å². The smallest absolute Gasteiger partial charge is 0.374 e. The summed E-state index contributed by atoms with van der Waals surface area (Å²) in [6, 6.07) is 11.3. The Morgan fingerprint density at radius 1 is 0.913 bits per heavy atom. The fraction of sp³-hybridized carbons (Fsp3) is 0.684. The van der Waals surface area contributed by atoms with E-state index in [9.17, 15) is 0 Å². The second kappa shape index (κ2) is 11.8. The molecule has 0 saturated carbocycles. The van der Waals surface area contributed by atoms with E-state index in [4.69, 9.17) is 13.3 Å². The van der Waals surface area contributed by atoms with Crippen LogP contribution in [-0.4, -0.2) is 28.6 Å². The molecule has 3 nitrogen and oxygen atoms in total. The molecular formula is C19H33O3Si. The Morgan fingerprint density at radius 2 is 1.48 bits per heavy atom. The topological polar surface area (TPSA) is 27.7 Å². The normalized spacial score (nSPS) is 13.2. The Labute approximate surface area is 143 Å². The molecule has 4 heteroatoms. The zero-order valence-electron chi connectivity index (χ0n) is 15.3. The minimum absolute atomic E-state index is 0.391. The number of aryl methyl sites for hydroxylation is 1. The van der Waals surface area contributed by atoms with E-state index in [-0.39, 0.29) is 0 Å². The lowest BCUT2D eigenvalue weighted by Gasteiger charge is -2.35. The lowest BCUT2D eigenvalue weighted by atomic mass is 10.1. The van der Waals surface area contributed by atoms with Crippen molar-refractivity contribution in [2.45, 2.75) is 65.3 Å². The van der Waals surface area contributed by atoms with E-state index < -0.39 is 8.80 Å². The van der Waals surface area contributed by atoms with E-state index in [1.807, 2.05) is 32.9 Å². The first-order valence-electron chi connectivity index (χ1n) is 9.09. The Balaban J connectivity index is 2.73. The van der Waals surface area contributed by atoms with Crippen LogP contribution in [0.25, 0.3) is 0 Å². The van der Waals surface area contributed by atoms with Crippen LogP contribution in [0.4, 0.5) is 0 Å². The quantitative estimate of drug-likeness (QED) is 0.473. The molecule has 0 aliphatic heterocycles. The molecular weight excluding hydrogens is 304 g/mol. The monoisotopic (exact) mass is 337 g/mol. The predicted molar refractivity (Wildman–Crippen MR) is 97.5 cm³/mol. The van der Waals surface area contributed by atoms with Crippen LogP contribution in [0, 0.1) is 6.07 Å². The maximum Gasteiger partial charge on any atom is 0.504 e. The van der Waals surface area contributed by atoms with Crippen LogP contribution in [0.2, 0.25) is 5.54 Å². The van der Waals surface area contributed by atoms with Gasteiger partial charge in [0.15, 0.2) is 0 Å². The summed E-state index contributed by atoms with van der Waals surface area (Å²) in [5.74, 6) is 0. The Kier molecular flexibility index (Phi) is 10.4. The van der Waals surface area contributed by atoms with Gasteiger partial charge in [-0.05, 0) is 58.1 Å². The highest BCUT2D eigenvalue weighted by Gasteiger charge is 2.48. The molecule has 0 bridgehead atoms. The Bertz CT molecular complexity index is 380. The summed E-state index contributed by atoms with van der Waals surface area (Å²) >= 11 is 0. The molecule has 0 saturated heterocycles. The number of hydrogen-bond acceptors (Lipinski definition) is 3. The van der Waals surface area contributed by atoms with Crippen molar-refractivity contribution < 1.29 is 13.3 Å². The van der Waals surface area contributed by atoms with Crippen molar-refractivity contribution in [2.75, 3.05) is 19.8 Å². The van der Waals surface area contributed by atoms with Crippen LogP contribution in [0.5, 0.6) is 0 Å². The van der Waals surface area contributed by atoms with E-state index >= 15 is 0 Å². The first-order valence-corrected chi connectivity index (χ1v) is 10.9. The molecule has 23 heavy (non-hydrogen) atoms. The third kappa shape index (κ3) is 6.75. The molecule has 0 amide bonds. The number of hydrogen-bond donors (Lipinski definition) is 0. The average molecular weight is 338 g/mol. The summed E-state index contributed by atoms with van der Waals surface area (Å²) in [5.41, 5.74) is 1.76. The third-order valence-electron chi connectivity index (χ3n) is 3.98. The molecule has 0 spiro atoms. The average Bonchev–Trinajstić information content (AvgIpc) is 2.56. The van der Waals surface area contributed by atoms with Gasteiger partial charge in [0.25, 0.3) is 0 Å². The summed E-state index contributed by atoms with van der Waals surface area (Å²) in [6.45, 7) is 10.3. The van der Waals surface area contributed by atoms with Gasteiger partial charge in [-0.15, -0.1) is 0 Å². The van der Waals surface area contributed by atoms with Gasteiger partial charge in [-0.3, -0.25) is 0 Å². The maximum absolute atomic E-state index is 6.12. The number of benzene rings is 1. The second-order valence-electron chi connectivity index (χ2n) is 5.69. The molecule has 1 rings (SSSR count). The molecule has 1 unspecified atom stereocenters. The van der Waals surface area contributed by atoms with E-state index in [0.717, 1.165) is 32.1 Å². The van der Waals surface area contributed by atoms with Gasteiger partial charge < -0.3 is 13.3 Å². The van der Waals surface area contributed by atoms with E-state index in [2.05, 4.69) is 25.1 Å². The van der Waals surface area contributed by atoms with Crippen LogP contribution in [0.1, 0.15) is 58.9 Å². The van der Waals surface area contributed by atoms with E-state index in [1.54, 1.807) is 0 Å². The highest BCUT2D eigenvalue weighted by atomic mass is 28.4. The van der Waals surface area contributed by atoms with Crippen molar-refractivity contribution in [3.63, 3.8) is 0 Å². The second-order valence-corrected chi connectivity index (χ2v) is 8.58. The summed E-state index contributed by atoms with van der Waals surface area (Å²) in [7, 11) is -2.59. The highest BCUT2D eigenvalue weighted by Crippen LogP contribution is 2.35. The van der Waals surface area contributed by atoms with Gasteiger partial charge in [-0.2, -0.15) is 0 Å². The maximum atomic E-state index is 6.12. The lowest BCUT2D eigenvalue weighted by Crippen LogP contribution is -2.50. The van der Waals surface area contributed by atoms with Crippen molar-refractivity contribution in [3.05, 3.63) is 35.9 Å². The van der Waals surface area contributed by atoms with Crippen molar-refractivity contribution >= 4 is 8.80 Å². The summed E-state index contributed by atoms with van der Waals surface area (Å²) in [6.07, 6.45) is 5.56. The fourth-order valence-corrected chi connectivity index (χ4v) is 6.43. The molecule has 0 heterocycles. The lowest BCUT2D eigenvalue weighted by molar-refractivity contribution is 0.0582. The van der Waals surface area contributed by atoms with Crippen molar-refractivity contribution in [3.8, 4) is 0 Å². The minimum Gasteiger partial charge on any atom is -0.374 e. The molecule has 131 valence electrons. The fourth-order valence-electron chi connectivity index (χ4n) is 3.07. The third-order valence-corrected chi connectivity index (χ3v) is 7.63. The van der Waals surface area contributed by atoms with E-state index in [1.165, 1.54) is 5.56 Å². The first-order chi connectivity index (χ1) is 11.2. The van der Waals surface area contributed by atoms with Gasteiger partial charge in [-0.1, -0.05) is 37.6 Å².